The van der Waals surface area contributed by atoms with Gasteiger partial charge >= 0.3 is 6.18 Å². The fourth-order valence-corrected chi connectivity index (χ4v) is 3.85. The second-order valence-electron chi connectivity index (χ2n) is 8.31. The van der Waals surface area contributed by atoms with Gasteiger partial charge in [0.15, 0.2) is 0 Å². The maximum absolute atomic E-state index is 13.3. The smallest absolute Gasteiger partial charge is 0.368 e. The number of rotatable bonds is 6. The quantitative estimate of drug-likeness (QED) is 0.689. The molecule has 0 spiro atoms. The summed E-state index contributed by atoms with van der Waals surface area (Å²) in [6.45, 7) is 7.09. The Morgan fingerprint density at radius 3 is 2.29 bits per heavy atom. The van der Waals surface area contributed by atoms with Gasteiger partial charge in [-0.05, 0) is 38.5 Å². The first-order chi connectivity index (χ1) is 16.1. The van der Waals surface area contributed by atoms with Gasteiger partial charge in [-0.15, -0.1) is 0 Å². The molecule has 0 aliphatic carbocycles. The highest BCUT2D eigenvalue weighted by Gasteiger charge is 2.32. The Bertz CT molecular complexity index is 1110. The lowest BCUT2D eigenvalue weighted by Gasteiger charge is -2.36. The molecule has 1 atom stereocenters. The molecule has 2 amide bonds. The molecule has 1 aromatic carbocycles. The van der Waals surface area contributed by atoms with Crippen molar-refractivity contribution in [1.29, 1.82) is 0 Å². The van der Waals surface area contributed by atoms with E-state index in [0.29, 0.717) is 25.3 Å². The highest BCUT2D eigenvalue weighted by atomic mass is 19.4. The molecule has 10 heteroatoms. The Morgan fingerprint density at radius 2 is 1.71 bits per heavy atom. The summed E-state index contributed by atoms with van der Waals surface area (Å²) in [6, 6.07) is 5.05. The third kappa shape index (κ3) is 5.43. The Labute approximate surface area is 196 Å². The van der Waals surface area contributed by atoms with Crippen molar-refractivity contribution < 1.29 is 22.8 Å². The maximum Gasteiger partial charge on any atom is 0.416 e. The van der Waals surface area contributed by atoms with Gasteiger partial charge in [-0.25, -0.2) is 0 Å². The lowest BCUT2D eigenvalue weighted by Crippen LogP contribution is -2.50. The van der Waals surface area contributed by atoms with Crippen LogP contribution in [0.5, 0.6) is 0 Å². The molecule has 1 fully saturated rings. The number of carbonyl (C=O) groups is 2. The summed E-state index contributed by atoms with van der Waals surface area (Å²) in [7, 11) is 0. The van der Waals surface area contributed by atoms with Gasteiger partial charge in [0.05, 0.1) is 5.56 Å². The summed E-state index contributed by atoms with van der Waals surface area (Å²) in [5, 5.41) is 2.61. The number of alkyl halides is 3. The summed E-state index contributed by atoms with van der Waals surface area (Å²) in [4.78, 5) is 42.0. The van der Waals surface area contributed by atoms with Crippen molar-refractivity contribution >= 4 is 17.5 Å². The molecular weight excluding hydrogens is 449 g/mol. The monoisotopic (exact) mass is 478 g/mol. The highest BCUT2D eigenvalue weighted by Crippen LogP contribution is 2.32. The Hall–Kier alpha value is -3.30. The topological polar surface area (TPSA) is 74.7 Å². The number of hydrogen-bond acceptors (Lipinski definition) is 4. The summed E-state index contributed by atoms with van der Waals surface area (Å²) in [5.41, 5.74) is -1.10. The van der Waals surface area contributed by atoms with Gasteiger partial charge in [0, 0.05) is 56.8 Å². The van der Waals surface area contributed by atoms with Crippen molar-refractivity contribution in [3.05, 3.63) is 63.6 Å². The van der Waals surface area contributed by atoms with Crippen molar-refractivity contribution in [2.45, 2.75) is 39.4 Å². The number of halogens is 3. The molecule has 1 saturated heterocycles. The molecule has 3 rings (SSSR count). The number of piperazine rings is 1. The Morgan fingerprint density at radius 1 is 1.06 bits per heavy atom. The largest absolute Gasteiger partial charge is 0.416 e. The van der Waals surface area contributed by atoms with Crippen LogP contribution in [0.3, 0.4) is 0 Å². The molecule has 0 radical (unpaired) electrons. The minimum Gasteiger partial charge on any atom is -0.368 e. The van der Waals surface area contributed by atoms with E-state index >= 15 is 0 Å². The van der Waals surface area contributed by atoms with Crippen LogP contribution < -0.4 is 15.6 Å². The molecule has 34 heavy (non-hydrogen) atoms. The van der Waals surface area contributed by atoms with Crippen LogP contribution in [0.4, 0.5) is 18.9 Å². The number of anilines is 1. The predicted octanol–water partition coefficient (Wildman–Crippen LogP) is 3.55. The zero-order chi connectivity index (χ0) is 25.0. The van der Waals surface area contributed by atoms with Crippen molar-refractivity contribution in [3.8, 4) is 0 Å². The van der Waals surface area contributed by atoms with Gasteiger partial charge in [-0.2, -0.15) is 13.2 Å². The predicted molar refractivity (Wildman–Crippen MR) is 123 cm³/mol. The first kappa shape index (κ1) is 25.3. The van der Waals surface area contributed by atoms with Gasteiger partial charge in [0.2, 0.25) is 5.43 Å². The highest BCUT2D eigenvalue weighted by molar-refractivity contribution is 5.99. The summed E-state index contributed by atoms with van der Waals surface area (Å²) in [5.74, 6) is -1.02. The lowest BCUT2D eigenvalue weighted by molar-refractivity contribution is -0.137. The minimum absolute atomic E-state index is 0.0296. The van der Waals surface area contributed by atoms with Crippen LogP contribution in [0.1, 0.15) is 59.5 Å². The molecule has 1 aliphatic heterocycles. The van der Waals surface area contributed by atoms with Crippen LogP contribution in [-0.2, 0) is 6.18 Å². The molecule has 1 aliphatic rings. The molecule has 1 N–H and O–H groups in total. The van der Waals surface area contributed by atoms with Crippen LogP contribution in [-0.4, -0.2) is 54.0 Å². The SMILES string of the molecule is CCNC(=O)c1cn([C@@H](C)CC)cc(C(=O)N2CCN(c3cccc(C(F)(F)F)c3)CC2)c1=O. The Kier molecular flexibility index (Phi) is 7.68. The first-order valence-electron chi connectivity index (χ1n) is 11.3. The lowest BCUT2D eigenvalue weighted by atomic mass is 10.1. The molecule has 1 aromatic heterocycles. The third-order valence-corrected chi connectivity index (χ3v) is 6.06. The first-order valence-corrected chi connectivity index (χ1v) is 11.3. The van der Waals surface area contributed by atoms with E-state index in [-0.39, 0.29) is 30.3 Å². The molecule has 7 nitrogen and oxygen atoms in total. The van der Waals surface area contributed by atoms with Gasteiger partial charge < -0.3 is 19.7 Å². The average molecular weight is 479 g/mol. The van der Waals surface area contributed by atoms with Crippen LogP contribution in [0, 0.1) is 0 Å². The van der Waals surface area contributed by atoms with E-state index in [4.69, 9.17) is 0 Å². The van der Waals surface area contributed by atoms with Crippen molar-refractivity contribution in [2.24, 2.45) is 0 Å². The van der Waals surface area contributed by atoms with Gasteiger partial charge in [-0.3, -0.25) is 14.4 Å². The number of hydrogen-bond donors (Lipinski definition) is 1. The number of benzene rings is 1. The Balaban J connectivity index is 1.82. The van der Waals surface area contributed by atoms with E-state index in [2.05, 4.69) is 5.32 Å². The van der Waals surface area contributed by atoms with Crippen LogP contribution >= 0.6 is 0 Å². The molecule has 0 saturated carbocycles. The molecule has 184 valence electrons. The third-order valence-electron chi connectivity index (χ3n) is 6.06. The van der Waals surface area contributed by atoms with E-state index in [1.54, 1.807) is 22.5 Å². The average Bonchev–Trinajstić information content (AvgIpc) is 2.83. The van der Waals surface area contributed by atoms with Crippen molar-refractivity contribution in [1.82, 2.24) is 14.8 Å². The van der Waals surface area contributed by atoms with Crippen molar-refractivity contribution in [2.75, 3.05) is 37.6 Å². The van der Waals surface area contributed by atoms with Crippen molar-refractivity contribution in [3.63, 3.8) is 0 Å². The van der Waals surface area contributed by atoms with E-state index in [9.17, 15) is 27.6 Å². The number of nitrogens with zero attached hydrogens (tertiary/aromatic N) is 3. The number of pyridine rings is 1. The number of amides is 2. The van der Waals surface area contributed by atoms with Gasteiger partial charge in [-0.1, -0.05) is 13.0 Å². The molecular formula is C24H29F3N4O3. The summed E-state index contributed by atoms with van der Waals surface area (Å²) in [6.07, 6.45) is -0.732. The number of carbonyl (C=O) groups excluding carboxylic acids is 2. The maximum atomic E-state index is 13.3. The van der Waals surface area contributed by atoms with Crippen LogP contribution in [0.25, 0.3) is 0 Å². The van der Waals surface area contributed by atoms with E-state index < -0.39 is 29.0 Å². The molecule has 0 bridgehead atoms. The van der Waals surface area contributed by atoms with E-state index in [1.165, 1.54) is 23.4 Å². The fraction of sp³-hybridized carbons (Fsp3) is 0.458. The summed E-state index contributed by atoms with van der Waals surface area (Å²) < 4.78 is 40.9. The summed E-state index contributed by atoms with van der Waals surface area (Å²) >= 11 is 0. The number of nitrogens with one attached hydrogen (secondary N) is 1. The standard InChI is InChI=1S/C24H29F3N4O3/c1-4-16(3)31-14-19(22(33)28-5-2)21(32)20(15-31)23(34)30-11-9-29(10-12-30)18-8-6-7-17(13-18)24(25,26)27/h6-8,13-16H,4-5,9-12H2,1-3H3,(H,28,33)/t16-/m0/s1. The zero-order valence-electron chi connectivity index (χ0n) is 19.5. The van der Waals surface area contributed by atoms with E-state index in [0.717, 1.165) is 18.6 Å². The van der Waals surface area contributed by atoms with Gasteiger partial charge in [0.25, 0.3) is 11.8 Å². The molecule has 2 aromatic rings. The second kappa shape index (κ2) is 10.3. The molecule has 2 heterocycles. The normalized spacial score (nSPS) is 15.2. The fourth-order valence-electron chi connectivity index (χ4n) is 3.85. The van der Waals surface area contributed by atoms with Crippen LogP contribution in [0.2, 0.25) is 0 Å². The zero-order valence-corrected chi connectivity index (χ0v) is 19.5. The molecule has 0 unspecified atom stereocenters. The minimum atomic E-state index is -4.43. The van der Waals surface area contributed by atoms with Crippen LogP contribution in [0.15, 0.2) is 41.5 Å². The van der Waals surface area contributed by atoms with E-state index in [1.807, 2.05) is 13.8 Å². The van der Waals surface area contributed by atoms with Gasteiger partial charge in [0.1, 0.15) is 11.1 Å². The number of aromatic nitrogens is 1. The second-order valence-corrected chi connectivity index (χ2v) is 8.31.